The van der Waals surface area contributed by atoms with Crippen LogP contribution in [0.4, 0.5) is 5.69 Å². The van der Waals surface area contributed by atoms with Crippen molar-refractivity contribution in [3.63, 3.8) is 0 Å². The molecule has 0 saturated heterocycles. The highest BCUT2D eigenvalue weighted by Gasteiger charge is 2.14. The van der Waals surface area contributed by atoms with Crippen LogP contribution >= 0.6 is 24.0 Å². The number of nitro groups is 1. The average molecular weight is 322 g/mol. The third-order valence-electron chi connectivity index (χ3n) is 2.67. The monoisotopic (exact) mass is 321 g/mol. The summed E-state index contributed by atoms with van der Waals surface area (Å²) in [5, 5.41) is 11.1. The first-order chi connectivity index (χ1) is 8.95. The van der Waals surface area contributed by atoms with E-state index in [-0.39, 0.29) is 30.5 Å². The van der Waals surface area contributed by atoms with Crippen LogP contribution < -0.4 is 5.73 Å². The second-order valence-corrected chi connectivity index (χ2v) is 4.58. The van der Waals surface area contributed by atoms with Crippen molar-refractivity contribution in [3.8, 4) is 0 Å². The van der Waals surface area contributed by atoms with Crippen LogP contribution in [0, 0.1) is 10.1 Å². The summed E-state index contributed by atoms with van der Waals surface area (Å²) in [5.41, 5.74) is 5.86. The Morgan fingerprint density at radius 2 is 2.15 bits per heavy atom. The predicted octanol–water partition coefficient (Wildman–Crippen LogP) is 2.37. The topological polar surface area (TPSA) is 89.5 Å². The van der Waals surface area contributed by atoms with Crippen LogP contribution in [0.1, 0.15) is 18.4 Å². The minimum atomic E-state index is -0.490. The van der Waals surface area contributed by atoms with Gasteiger partial charge in [-0.1, -0.05) is 11.6 Å². The quantitative estimate of drug-likeness (QED) is 0.643. The molecule has 0 bridgehead atoms. The van der Waals surface area contributed by atoms with Crippen LogP contribution in [0.2, 0.25) is 5.02 Å². The van der Waals surface area contributed by atoms with E-state index in [1.54, 1.807) is 7.05 Å². The number of hydrogen-bond donors (Lipinski definition) is 1. The summed E-state index contributed by atoms with van der Waals surface area (Å²) in [6.45, 7) is 0.695. The maximum absolute atomic E-state index is 11.7. The normalized spacial score (nSPS) is 9.75. The molecular formula is C12H17Cl2N3O3. The Morgan fingerprint density at radius 1 is 1.50 bits per heavy atom. The van der Waals surface area contributed by atoms with Crippen molar-refractivity contribution in [1.82, 2.24) is 4.90 Å². The molecule has 0 saturated carbocycles. The fourth-order valence-corrected chi connectivity index (χ4v) is 1.76. The van der Waals surface area contributed by atoms with Crippen LogP contribution in [0.25, 0.3) is 0 Å². The molecular weight excluding hydrogens is 305 g/mol. The Labute approximate surface area is 128 Å². The molecule has 2 N–H and O–H groups in total. The van der Waals surface area contributed by atoms with Crippen molar-refractivity contribution < 1.29 is 9.72 Å². The zero-order valence-corrected chi connectivity index (χ0v) is 12.6. The van der Waals surface area contributed by atoms with E-state index < -0.39 is 4.92 Å². The lowest BCUT2D eigenvalue weighted by Crippen LogP contribution is -2.26. The number of carbonyl (C=O) groups is 1. The molecule has 20 heavy (non-hydrogen) atoms. The van der Waals surface area contributed by atoms with E-state index in [1.807, 2.05) is 0 Å². The molecule has 1 aromatic carbocycles. The van der Waals surface area contributed by atoms with E-state index in [2.05, 4.69) is 0 Å². The summed E-state index contributed by atoms with van der Waals surface area (Å²) in [5.74, 6) is -0.0620. The molecule has 0 heterocycles. The third-order valence-corrected chi connectivity index (χ3v) is 3.04. The van der Waals surface area contributed by atoms with E-state index in [0.29, 0.717) is 30.0 Å². The van der Waals surface area contributed by atoms with Gasteiger partial charge in [-0.3, -0.25) is 14.9 Å². The van der Waals surface area contributed by atoms with Crippen molar-refractivity contribution in [2.45, 2.75) is 19.4 Å². The molecule has 1 amide bonds. The van der Waals surface area contributed by atoms with Gasteiger partial charge in [0.05, 0.1) is 4.92 Å². The van der Waals surface area contributed by atoms with E-state index in [1.165, 1.54) is 23.1 Å². The van der Waals surface area contributed by atoms with Gasteiger partial charge in [-0.05, 0) is 24.6 Å². The fraction of sp³-hybridized carbons (Fsp3) is 0.417. The van der Waals surface area contributed by atoms with Crippen molar-refractivity contribution in [3.05, 3.63) is 38.9 Å². The lowest BCUT2D eigenvalue weighted by Gasteiger charge is -2.17. The highest BCUT2D eigenvalue weighted by molar-refractivity contribution is 6.31. The van der Waals surface area contributed by atoms with Crippen molar-refractivity contribution in [2.75, 3.05) is 13.6 Å². The van der Waals surface area contributed by atoms with Gasteiger partial charge in [0, 0.05) is 37.2 Å². The number of nitrogens with zero attached hydrogens (tertiary/aromatic N) is 2. The highest BCUT2D eigenvalue weighted by Crippen LogP contribution is 2.23. The Bertz CT molecular complexity index is 483. The first kappa shape index (κ1) is 18.6. The molecule has 1 aromatic rings. The number of benzene rings is 1. The number of hydrogen-bond acceptors (Lipinski definition) is 4. The number of nitro benzene ring substituents is 1. The maximum Gasteiger partial charge on any atom is 0.269 e. The lowest BCUT2D eigenvalue weighted by molar-refractivity contribution is -0.384. The van der Waals surface area contributed by atoms with Gasteiger partial charge in [0.2, 0.25) is 5.91 Å². The molecule has 0 aromatic heterocycles. The SMILES string of the molecule is CN(Cc1cc([N+](=O)[O-])ccc1Cl)C(=O)CCCN.Cl. The van der Waals surface area contributed by atoms with E-state index in [0.717, 1.165) is 0 Å². The van der Waals surface area contributed by atoms with Gasteiger partial charge < -0.3 is 10.6 Å². The summed E-state index contributed by atoms with van der Waals surface area (Å²) in [6.07, 6.45) is 0.978. The van der Waals surface area contributed by atoms with Gasteiger partial charge >= 0.3 is 0 Å². The summed E-state index contributed by atoms with van der Waals surface area (Å²) in [6, 6.07) is 4.18. The number of carbonyl (C=O) groups excluding carboxylic acids is 1. The van der Waals surface area contributed by atoms with E-state index in [9.17, 15) is 14.9 Å². The fourth-order valence-electron chi connectivity index (χ4n) is 1.58. The highest BCUT2D eigenvalue weighted by atomic mass is 35.5. The molecule has 0 aliphatic heterocycles. The number of non-ortho nitro benzene ring substituents is 1. The second kappa shape index (κ2) is 8.73. The average Bonchev–Trinajstić information content (AvgIpc) is 2.38. The Balaban J connectivity index is 0.00000361. The Kier molecular flexibility index (Phi) is 8.13. The molecule has 0 aliphatic carbocycles. The summed E-state index contributed by atoms with van der Waals surface area (Å²) >= 11 is 5.97. The van der Waals surface area contributed by atoms with Gasteiger partial charge in [0.25, 0.3) is 5.69 Å². The lowest BCUT2D eigenvalue weighted by atomic mass is 10.2. The molecule has 6 nitrogen and oxygen atoms in total. The van der Waals surface area contributed by atoms with Gasteiger partial charge in [-0.15, -0.1) is 12.4 Å². The smallest absolute Gasteiger partial charge is 0.269 e. The molecule has 0 fully saturated rings. The molecule has 8 heteroatoms. The van der Waals surface area contributed by atoms with Crippen LogP contribution in [0.3, 0.4) is 0 Å². The minimum absolute atomic E-state index is 0. The molecule has 0 radical (unpaired) electrons. The molecule has 0 atom stereocenters. The first-order valence-corrected chi connectivity index (χ1v) is 6.20. The van der Waals surface area contributed by atoms with Crippen LogP contribution in [0.5, 0.6) is 0 Å². The summed E-state index contributed by atoms with van der Waals surface area (Å²) in [7, 11) is 1.63. The Morgan fingerprint density at radius 3 is 2.70 bits per heavy atom. The molecule has 0 aliphatic rings. The third kappa shape index (κ3) is 5.32. The predicted molar refractivity (Wildman–Crippen MR) is 80.1 cm³/mol. The number of halogens is 2. The molecule has 112 valence electrons. The summed E-state index contributed by atoms with van der Waals surface area (Å²) < 4.78 is 0. The number of rotatable bonds is 6. The van der Waals surface area contributed by atoms with Crippen LogP contribution in [0.15, 0.2) is 18.2 Å². The van der Waals surface area contributed by atoms with Crippen molar-refractivity contribution in [2.24, 2.45) is 5.73 Å². The largest absolute Gasteiger partial charge is 0.341 e. The number of amides is 1. The zero-order chi connectivity index (χ0) is 14.4. The van der Waals surface area contributed by atoms with Gasteiger partial charge in [-0.2, -0.15) is 0 Å². The molecule has 1 rings (SSSR count). The molecule has 0 spiro atoms. The van der Waals surface area contributed by atoms with E-state index >= 15 is 0 Å². The van der Waals surface area contributed by atoms with Gasteiger partial charge in [-0.25, -0.2) is 0 Å². The van der Waals surface area contributed by atoms with Gasteiger partial charge in [0.15, 0.2) is 0 Å². The van der Waals surface area contributed by atoms with Crippen LogP contribution in [-0.4, -0.2) is 29.3 Å². The zero-order valence-electron chi connectivity index (χ0n) is 11.0. The van der Waals surface area contributed by atoms with E-state index in [4.69, 9.17) is 17.3 Å². The van der Waals surface area contributed by atoms with Crippen molar-refractivity contribution >= 4 is 35.6 Å². The number of nitrogens with two attached hydrogens (primary N) is 1. The summed E-state index contributed by atoms with van der Waals surface area (Å²) in [4.78, 5) is 23.4. The Hall–Kier alpha value is -1.37. The van der Waals surface area contributed by atoms with Crippen LogP contribution in [-0.2, 0) is 11.3 Å². The maximum atomic E-state index is 11.7. The molecule has 0 unspecified atom stereocenters. The standard InChI is InChI=1S/C12H16ClN3O3.ClH/c1-15(12(17)3-2-6-14)8-9-7-10(16(18)19)4-5-11(9)13;/h4-5,7H,2-3,6,8,14H2,1H3;1H. The van der Waals surface area contributed by atoms with Crippen molar-refractivity contribution in [1.29, 1.82) is 0 Å². The minimum Gasteiger partial charge on any atom is -0.341 e. The van der Waals surface area contributed by atoms with Gasteiger partial charge in [0.1, 0.15) is 0 Å². The first-order valence-electron chi connectivity index (χ1n) is 5.82. The second-order valence-electron chi connectivity index (χ2n) is 4.17.